The molecule has 1 aliphatic heterocycles. The number of likely N-dealkylation sites (tertiary alicyclic amines) is 1. The monoisotopic (exact) mass is 374 g/mol. The molecule has 1 aliphatic rings. The highest BCUT2D eigenvalue weighted by Crippen LogP contribution is 2.27. The standard InChI is InChI=1S/C21H30N2O4/c1-21(2,3)20(26)23-13-11-16(12-14-23)19(25)27-17(18(24)22(4)5)15-9-7-6-8-10-15/h6-10,16-17H,11-14H2,1-5H3. The fourth-order valence-corrected chi connectivity index (χ4v) is 3.13. The topological polar surface area (TPSA) is 66.9 Å². The normalized spacial score (nSPS) is 16.6. The van der Waals surface area contributed by atoms with Crippen LogP contribution in [-0.2, 0) is 19.1 Å². The third-order valence-corrected chi connectivity index (χ3v) is 4.76. The molecule has 1 fully saturated rings. The van der Waals surface area contributed by atoms with Gasteiger partial charge in [-0.3, -0.25) is 14.4 Å². The van der Waals surface area contributed by atoms with Crippen molar-refractivity contribution in [3.05, 3.63) is 35.9 Å². The Balaban J connectivity index is 2.02. The summed E-state index contributed by atoms with van der Waals surface area (Å²) in [5.74, 6) is -0.841. The van der Waals surface area contributed by atoms with Crippen LogP contribution in [0.1, 0.15) is 45.3 Å². The lowest BCUT2D eigenvalue weighted by molar-refractivity contribution is -0.165. The predicted octanol–water partition coefficient (Wildman–Crippen LogP) is 2.64. The van der Waals surface area contributed by atoms with E-state index in [4.69, 9.17) is 4.74 Å². The van der Waals surface area contributed by atoms with Gasteiger partial charge in [-0.2, -0.15) is 0 Å². The molecule has 2 amide bonds. The van der Waals surface area contributed by atoms with Gasteiger partial charge in [0.15, 0.2) is 0 Å². The van der Waals surface area contributed by atoms with E-state index >= 15 is 0 Å². The summed E-state index contributed by atoms with van der Waals surface area (Å²) in [6, 6.07) is 9.05. The Morgan fingerprint density at radius 2 is 1.63 bits per heavy atom. The maximum atomic E-state index is 12.7. The Labute approximate surface area is 161 Å². The van der Waals surface area contributed by atoms with E-state index in [9.17, 15) is 14.4 Å². The van der Waals surface area contributed by atoms with Crippen LogP contribution in [0, 0.1) is 11.3 Å². The molecule has 0 spiro atoms. The average molecular weight is 374 g/mol. The van der Waals surface area contributed by atoms with Crippen molar-refractivity contribution in [3.63, 3.8) is 0 Å². The molecule has 0 radical (unpaired) electrons. The molecule has 0 N–H and O–H groups in total. The maximum Gasteiger partial charge on any atom is 0.310 e. The summed E-state index contributed by atoms with van der Waals surface area (Å²) in [6.45, 7) is 6.76. The zero-order valence-electron chi connectivity index (χ0n) is 16.9. The first kappa shape index (κ1) is 20.9. The largest absolute Gasteiger partial charge is 0.447 e. The third kappa shape index (κ3) is 5.31. The van der Waals surface area contributed by atoms with Gasteiger partial charge in [0.1, 0.15) is 0 Å². The van der Waals surface area contributed by atoms with E-state index < -0.39 is 11.5 Å². The second-order valence-electron chi connectivity index (χ2n) is 8.28. The molecule has 6 nitrogen and oxygen atoms in total. The molecule has 1 saturated heterocycles. The molecule has 0 aliphatic carbocycles. The van der Waals surface area contributed by atoms with Crippen molar-refractivity contribution in [1.29, 1.82) is 0 Å². The average Bonchev–Trinajstić information content (AvgIpc) is 2.64. The fraction of sp³-hybridized carbons (Fsp3) is 0.571. The molecule has 0 saturated carbocycles. The maximum absolute atomic E-state index is 12.7. The van der Waals surface area contributed by atoms with Gasteiger partial charge in [0.2, 0.25) is 12.0 Å². The Morgan fingerprint density at radius 3 is 2.11 bits per heavy atom. The minimum Gasteiger partial charge on any atom is -0.447 e. The fourth-order valence-electron chi connectivity index (χ4n) is 3.13. The molecular formula is C21H30N2O4. The quantitative estimate of drug-likeness (QED) is 0.760. The minimum absolute atomic E-state index is 0.0965. The van der Waals surface area contributed by atoms with E-state index in [0.29, 0.717) is 31.5 Å². The molecule has 27 heavy (non-hydrogen) atoms. The van der Waals surface area contributed by atoms with E-state index in [-0.39, 0.29) is 23.7 Å². The Bertz CT molecular complexity index is 671. The van der Waals surface area contributed by atoms with Crippen LogP contribution in [0.5, 0.6) is 0 Å². The molecule has 6 heteroatoms. The number of rotatable bonds is 4. The first-order valence-corrected chi connectivity index (χ1v) is 9.37. The van der Waals surface area contributed by atoms with Crippen LogP contribution in [0.25, 0.3) is 0 Å². The number of carbonyl (C=O) groups is 3. The number of ether oxygens (including phenoxy) is 1. The van der Waals surface area contributed by atoms with Crippen LogP contribution in [0.3, 0.4) is 0 Å². The molecular weight excluding hydrogens is 344 g/mol. The SMILES string of the molecule is CN(C)C(=O)C(OC(=O)C1CCN(C(=O)C(C)(C)C)CC1)c1ccccc1. The van der Waals surface area contributed by atoms with Gasteiger partial charge >= 0.3 is 5.97 Å². The van der Waals surface area contributed by atoms with Crippen molar-refractivity contribution in [2.24, 2.45) is 11.3 Å². The predicted molar refractivity (Wildman–Crippen MR) is 103 cm³/mol. The highest BCUT2D eigenvalue weighted by atomic mass is 16.5. The molecule has 1 aromatic rings. The number of carbonyl (C=O) groups excluding carboxylic acids is 3. The summed E-state index contributed by atoms with van der Waals surface area (Å²) < 4.78 is 5.63. The van der Waals surface area contributed by atoms with Gasteiger partial charge < -0.3 is 14.5 Å². The first-order chi connectivity index (χ1) is 12.6. The van der Waals surface area contributed by atoms with Gasteiger partial charge in [-0.15, -0.1) is 0 Å². The van der Waals surface area contributed by atoms with Crippen LogP contribution < -0.4 is 0 Å². The molecule has 1 unspecified atom stereocenters. The van der Waals surface area contributed by atoms with Gasteiger partial charge in [-0.25, -0.2) is 0 Å². The highest BCUT2D eigenvalue weighted by Gasteiger charge is 2.35. The van der Waals surface area contributed by atoms with E-state index in [1.807, 2.05) is 43.9 Å². The number of nitrogens with zero attached hydrogens (tertiary/aromatic N) is 2. The summed E-state index contributed by atoms with van der Waals surface area (Å²) in [5.41, 5.74) is 0.231. The number of piperidine rings is 1. The lowest BCUT2D eigenvalue weighted by Crippen LogP contribution is -2.45. The number of likely N-dealkylation sites (N-methyl/N-ethyl adjacent to an activating group) is 1. The molecule has 1 heterocycles. The summed E-state index contributed by atoms with van der Waals surface area (Å²) in [6.07, 6.45) is 0.166. The second kappa shape index (κ2) is 8.55. The van der Waals surface area contributed by atoms with Gasteiger partial charge in [0, 0.05) is 38.2 Å². The van der Waals surface area contributed by atoms with Gasteiger partial charge in [0.25, 0.3) is 5.91 Å². The Kier molecular flexibility index (Phi) is 6.63. The molecule has 148 valence electrons. The summed E-state index contributed by atoms with van der Waals surface area (Å²) in [4.78, 5) is 40.8. The minimum atomic E-state index is -0.942. The van der Waals surface area contributed by atoms with E-state index in [2.05, 4.69) is 0 Å². The van der Waals surface area contributed by atoms with Crippen LogP contribution in [0.15, 0.2) is 30.3 Å². The zero-order valence-corrected chi connectivity index (χ0v) is 16.9. The summed E-state index contributed by atoms with van der Waals surface area (Å²) in [5, 5.41) is 0. The van der Waals surface area contributed by atoms with Crippen LogP contribution in [0.2, 0.25) is 0 Å². The number of amides is 2. The molecule has 2 rings (SSSR count). The lowest BCUT2D eigenvalue weighted by atomic mass is 9.91. The number of benzene rings is 1. The van der Waals surface area contributed by atoms with Crippen molar-refractivity contribution >= 4 is 17.8 Å². The summed E-state index contributed by atoms with van der Waals surface area (Å²) >= 11 is 0. The van der Waals surface area contributed by atoms with Crippen LogP contribution >= 0.6 is 0 Å². The van der Waals surface area contributed by atoms with Crippen molar-refractivity contribution in [2.45, 2.75) is 39.7 Å². The molecule has 1 aromatic carbocycles. The zero-order chi connectivity index (χ0) is 20.2. The van der Waals surface area contributed by atoms with Crippen molar-refractivity contribution in [1.82, 2.24) is 9.80 Å². The van der Waals surface area contributed by atoms with E-state index in [1.165, 1.54) is 4.90 Å². The van der Waals surface area contributed by atoms with Gasteiger partial charge in [-0.1, -0.05) is 51.1 Å². The molecule has 0 aromatic heterocycles. The Hall–Kier alpha value is -2.37. The first-order valence-electron chi connectivity index (χ1n) is 9.37. The number of hydrogen-bond donors (Lipinski definition) is 0. The number of esters is 1. The van der Waals surface area contributed by atoms with E-state index in [0.717, 1.165) is 0 Å². The smallest absolute Gasteiger partial charge is 0.310 e. The third-order valence-electron chi connectivity index (χ3n) is 4.76. The van der Waals surface area contributed by atoms with Crippen LogP contribution in [0.4, 0.5) is 0 Å². The van der Waals surface area contributed by atoms with Crippen molar-refractivity contribution in [2.75, 3.05) is 27.2 Å². The van der Waals surface area contributed by atoms with Crippen molar-refractivity contribution < 1.29 is 19.1 Å². The van der Waals surface area contributed by atoms with Crippen molar-refractivity contribution in [3.8, 4) is 0 Å². The van der Waals surface area contributed by atoms with Gasteiger partial charge in [-0.05, 0) is 12.8 Å². The molecule has 0 bridgehead atoms. The lowest BCUT2D eigenvalue weighted by Gasteiger charge is -2.35. The summed E-state index contributed by atoms with van der Waals surface area (Å²) in [7, 11) is 3.28. The number of hydrogen-bond acceptors (Lipinski definition) is 4. The van der Waals surface area contributed by atoms with Gasteiger partial charge in [0.05, 0.1) is 5.92 Å². The second-order valence-corrected chi connectivity index (χ2v) is 8.28. The van der Waals surface area contributed by atoms with Crippen LogP contribution in [-0.4, -0.2) is 54.8 Å². The van der Waals surface area contributed by atoms with E-state index in [1.54, 1.807) is 26.2 Å². The highest BCUT2D eigenvalue weighted by molar-refractivity contribution is 5.85. The molecule has 1 atom stereocenters. The Morgan fingerprint density at radius 1 is 1.07 bits per heavy atom.